The molecule has 0 bridgehead atoms. The topological polar surface area (TPSA) is 61.6 Å². The fourth-order valence-corrected chi connectivity index (χ4v) is 2.13. The van der Waals surface area contributed by atoms with Gasteiger partial charge in [0, 0.05) is 22.8 Å². The Bertz CT molecular complexity index is 495. The zero-order valence-corrected chi connectivity index (χ0v) is 8.88. The molecular weight excluding hydrogens is 208 g/mol. The average molecular weight is 216 g/mol. The van der Waals surface area contributed by atoms with Gasteiger partial charge in [-0.3, -0.25) is 5.32 Å². The van der Waals surface area contributed by atoms with Crippen molar-refractivity contribution in [2.45, 2.75) is 6.92 Å². The maximum Gasteiger partial charge on any atom is 0.236 e. The molecule has 74 valence electrons. The maximum atomic E-state index is 8.38. The summed E-state index contributed by atoms with van der Waals surface area (Å²) in [5.41, 5.74) is 2.19. The van der Waals surface area contributed by atoms with E-state index in [0.29, 0.717) is 5.95 Å². The summed E-state index contributed by atoms with van der Waals surface area (Å²) in [4.78, 5) is 9.22. The average Bonchev–Trinajstić information content (AvgIpc) is 2.66. The van der Waals surface area contributed by atoms with E-state index in [-0.39, 0.29) is 0 Å². The first kappa shape index (κ1) is 9.62. The molecule has 4 nitrogen and oxygen atoms in total. The van der Waals surface area contributed by atoms with E-state index in [1.807, 2.05) is 12.3 Å². The lowest BCUT2D eigenvalue weighted by Gasteiger charge is -1.99. The van der Waals surface area contributed by atoms with E-state index in [4.69, 9.17) is 5.26 Å². The summed E-state index contributed by atoms with van der Waals surface area (Å²) in [6.07, 6.45) is 5.20. The van der Waals surface area contributed by atoms with Gasteiger partial charge in [-0.25, -0.2) is 9.97 Å². The third-order valence-electron chi connectivity index (χ3n) is 1.94. The van der Waals surface area contributed by atoms with Crippen LogP contribution in [0.3, 0.4) is 0 Å². The van der Waals surface area contributed by atoms with E-state index in [2.05, 4.69) is 21.4 Å². The number of hydrogen-bond donors (Lipinski definition) is 1. The van der Waals surface area contributed by atoms with Crippen LogP contribution in [0.25, 0.3) is 10.4 Å². The number of nitriles is 1. The van der Waals surface area contributed by atoms with Crippen LogP contribution in [-0.2, 0) is 0 Å². The summed E-state index contributed by atoms with van der Waals surface area (Å²) in [5.74, 6) is 0.329. The highest BCUT2D eigenvalue weighted by Gasteiger charge is 2.04. The van der Waals surface area contributed by atoms with Gasteiger partial charge in [0.2, 0.25) is 5.95 Å². The number of aromatic nitrogens is 2. The van der Waals surface area contributed by atoms with E-state index in [1.165, 1.54) is 10.4 Å². The lowest BCUT2D eigenvalue weighted by molar-refractivity contribution is 1.17. The van der Waals surface area contributed by atoms with Crippen molar-refractivity contribution in [2.24, 2.45) is 0 Å². The summed E-state index contributed by atoms with van der Waals surface area (Å²) in [7, 11) is 0. The number of rotatable bonds is 2. The van der Waals surface area contributed by atoms with Crippen molar-refractivity contribution in [1.29, 1.82) is 5.26 Å². The van der Waals surface area contributed by atoms with Gasteiger partial charge >= 0.3 is 0 Å². The van der Waals surface area contributed by atoms with E-state index >= 15 is 0 Å². The number of nitrogens with one attached hydrogen (secondary N) is 1. The minimum absolute atomic E-state index is 0.329. The molecule has 2 rings (SSSR count). The van der Waals surface area contributed by atoms with Gasteiger partial charge in [0.1, 0.15) is 0 Å². The van der Waals surface area contributed by atoms with E-state index < -0.39 is 0 Å². The number of hydrogen-bond acceptors (Lipinski definition) is 5. The van der Waals surface area contributed by atoms with Crippen LogP contribution in [0.5, 0.6) is 0 Å². The molecule has 0 amide bonds. The van der Waals surface area contributed by atoms with Crippen LogP contribution in [0.1, 0.15) is 5.56 Å². The Kier molecular flexibility index (Phi) is 2.61. The van der Waals surface area contributed by atoms with Crippen molar-refractivity contribution in [3.05, 3.63) is 29.4 Å². The van der Waals surface area contributed by atoms with Crippen molar-refractivity contribution in [1.82, 2.24) is 9.97 Å². The fourth-order valence-electron chi connectivity index (χ4n) is 1.23. The Morgan fingerprint density at radius 1 is 1.40 bits per heavy atom. The van der Waals surface area contributed by atoms with Crippen LogP contribution >= 0.6 is 11.3 Å². The van der Waals surface area contributed by atoms with Gasteiger partial charge in [0.15, 0.2) is 6.19 Å². The first-order valence-corrected chi connectivity index (χ1v) is 5.21. The van der Waals surface area contributed by atoms with Gasteiger partial charge in [0.25, 0.3) is 0 Å². The molecule has 0 saturated carbocycles. The summed E-state index contributed by atoms with van der Waals surface area (Å²) < 4.78 is 0. The zero-order chi connectivity index (χ0) is 10.7. The van der Waals surface area contributed by atoms with Crippen LogP contribution in [0.15, 0.2) is 23.8 Å². The number of nitrogens with zero attached hydrogens (tertiary/aromatic N) is 3. The third kappa shape index (κ3) is 1.95. The molecule has 0 saturated heterocycles. The quantitative estimate of drug-likeness (QED) is 0.618. The summed E-state index contributed by atoms with van der Waals surface area (Å²) in [5, 5.41) is 12.8. The molecule has 0 aliphatic rings. The van der Waals surface area contributed by atoms with Gasteiger partial charge < -0.3 is 0 Å². The van der Waals surface area contributed by atoms with Crippen LogP contribution < -0.4 is 5.32 Å². The molecule has 5 heteroatoms. The molecule has 0 aliphatic heterocycles. The summed E-state index contributed by atoms with van der Waals surface area (Å²) in [6.45, 7) is 2.05. The zero-order valence-electron chi connectivity index (χ0n) is 8.06. The molecular formula is C10H8N4S. The van der Waals surface area contributed by atoms with Crippen LogP contribution in [-0.4, -0.2) is 9.97 Å². The van der Waals surface area contributed by atoms with E-state index in [0.717, 1.165) is 5.56 Å². The first-order valence-electron chi connectivity index (χ1n) is 4.33. The molecule has 0 radical (unpaired) electrons. The second-order valence-corrected chi connectivity index (χ2v) is 3.88. The smallest absolute Gasteiger partial charge is 0.236 e. The lowest BCUT2D eigenvalue weighted by atomic mass is 10.2. The highest BCUT2D eigenvalue weighted by atomic mass is 32.1. The maximum absolute atomic E-state index is 8.38. The Morgan fingerprint density at radius 2 is 2.13 bits per heavy atom. The Morgan fingerprint density at radius 3 is 2.67 bits per heavy atom. The molecule has 1 N–H and O–H groups in total. The number of thiophene rings is 1. The molecule has 0 aliphatic carbocycles. The van der Waals surface area contributed by atoms with Crippen LogP contribution in [0.2, 0.25) is 0 Å². The molecule has 0 aromatic carbocycles. The summed E-state index contributed by atoms with van der Waals surface area (Å²) in [6, 6.07) is 2.06. The Balaban J connectivity index is 2.33. The highest BCUT2D eigenvalue weighted by molar-refractivity contribution is 7.13. The van der Waals surface area contributed by atoms with Crippen molar-refractivity contribution in [2.75, 3.05) is 5.32 Å². The Labute approximate surface area is 91.2 Å². The van der Waals surface area contributed by atoms with Crippen molar-refractivity contribution >= 4 is 17.3 Å². The minimum atomic E-state index is 0.329. The molecule has 0 atom stereocenters. The predicted octanol–water partition coefficient (Wildman–Crippen LogP) is 2.41. The second-order valence-electron chi connectivity index (χ2n) is 2.96. The van der Waals surface area contributed by atoms with Crippen LogP contribution in [0.4, 0.5) is 5.95 Å². The standard InChI is InChI=1S/C10H8N4S/c1-7-2-3-15-9(7)8-4-12-10(13-5-8)14-6-11/h2-5H,1H3,(H,12,13,14). The third-order valence-corrected chi connectivity index (χ3v) is 3.01. The monoisotopic (exact) mass is 216 g/mol. The largest absolute Gasteiger partial charge is 0.261 e. The SMILES string of the molecule is Cc1ccsc1-c1cnc(NC#N)nc1. The van der Waals surface area contributed by atoms with Gasteiger partial charge in [-0.1, -0.05) is 0 Å². The minimum Gasteiger partial charge on any atom is -0.261 e. The van der Waals surface area contributed by atoms with Crippen molar-refractivity contribution in [3.63, 3.8) is 0 Å². The molecule has 2 aromatic heterocycles. The number of anilines is 1. The first-order chi connectivity index (χ1) is 7.31. The predicted molar refractivity (Wildman–Crippen MR) is 59.3 cm³/mol. The van der Waals surface area contributed by atoms with E-state index in [9.17, 15) is 0 Å². The lowest BCUT2D eigenvalue weighted by Crippen LogP contribution is -1.94. The van der Waals surface area contributed by atoms with Crippen molar-refractivity contribution in [3.8, 4) is 16.6 Å². The van der Waals surface area contributed by atoms with Crippen molar-refractivity contribution < 1.29 is 0 Å². The van der Waals surface area contributed by atoms with Crippen LogP contribution in [0, 0.1) is 18.4 Å². The van der Waals surface area contributed by atoms with Gasteiger partial charge in [-0.15, -0.1) is 11.3 Å². The molecule has 0 fully saturated rings. The normalized spacial score (nSPS) is 9.60. The van der Waals surface area contributed by atoms with Gasteiger partial charge in [-0.05, 0) is 23.9 Å². The summed E-state index contributed by atoms with van der Waals surface area (Å²) >= 11 is 1.66. The number of aryl methyl sites for hydroxylation is 1. The van der Waals surface area contributed by atoms with Gasteiger partial charge in [0.05, 0.1) is 0 Å². The Hall–Kier alpha value is -1.93. The van der Waals surface area contributed by atoms with E-state index in [1.54, 1.807) is 29.9 Å². The molecule has 2 heterocycles. The second kappa shape index (κ2) is 4.07. The molecule has 0 spiro atoms. The fraction of sp³-hybridized carbons (Fsp3) is 0.100. The molecule has 2 aromatic rings. The molecule has 15 heavy (non-hydrogen) atoms. The molecule has 0 unspecified atom stereocenters. The van der Waals surface area contributed by atoms with Gasteiger partial charge in [-0.2, -0.15) is 5.26 Å². The highest BCUT2D eigenvalue weighted by Crippen LogP contribution is 2.27.